The molecule has 0 fully saturated rings. The van der Waals surface area contributed by atoms with Gasteiger partial charge in [0.2, 0.25) is 0 Å². The number of halogens is 2. The quantitative estimate of drug-likeness (QED) is 0.505. The number of hydrogen-bond donors (Lipinski definition) is 1. The highest BCUT2D eigenvalue weighted by molar-refractivity contribution is 5.89. The van der Waals surface area contributed by atoms with E-state index in [1.165, 1.54) is 25.3 Å². The SMILES string of the molecule is CCC(CC)NC(=O)COC(=O)/C=C/c1cccc(OC)c1OC(F)F. The molecule has 0 radical (unpaired) electrons. The van der Waals surface area contributed by atoms with E-state index in [9.17, 15) is 18.4 Å². The van der Waals surface area contributed by atoms with Crippen LogP contribution in [0.25, 0.3) is 6.08 Å². The summed E-state index contributed by atoms with van der Waals surface area (Å²) in [5.74, 6) is -1.27. The minimum atomic E-state index is -3.04. The Morgan fingerprint density at radius 3 is 2.50 bits per heavy atom. The number of ether oxygens (including phenoxy) is 3. The van der Waals surface area contributed by atoms with Crippen molar-refractivity contribution in [1.82, 2.24) is 5.32 Å². The number of para-hydroxylation sites is 1. The number of amides is 1. The molecule has 1 N–H and O–H groups in total. The Bertz CT molecular complexity index is 630. The van der Waals surface area contributed by atoms with E-state index in [1.807, 2.05) is 13.8 Å². The minimum Gasteiger partial charge on any atom is -0.493 e. The van der Waals surface area contributed by atoms with Gasteiger partial charge in [0.1, 0.15) is 0 Å². The third-order valence-electron chi connectivity index (χ3n) is 3.53. The van der Waals surface area contributed by atoms with E-state index in [-0.39, 0.29) is 23.1 Å². The van der Waals surface area contributed by atoms with Crippen LogP contribution in [-0.2, 0) is 14.3 Å². The van der Waals surface area contributed by atoms with Crippen LogP contribution in [0.1, 0.15) is 32.3 Å². The van der Waals surface area contributed by atoms with E-state index in [2.05, 4.69) is 10.1 Å². The number of carbonyl (C=O) groups excluding carboxylic acids is 2. The summed E-state index contributed by atoms with van der Waals surface area (Å²) in [7, 11) is 1.31. The van der Waals surface area contributed by atoms with Crippen molar-refractivity contribution in [2.45, 2.75) is 39.3 Å². The minimum absolute atomic E-state index is 0.0302. The molecule has 0 saturated heterocycles. The van der Waals surface area contributed by atoms with Crippen LogP contribution < -0.4 is 14.8 Å². The topological polar surface area (TPSA) is 73.9 Å². The number of alkyl halides is 2. The molecule has 144 valence electrons. The molecule has 0 bridgehead atoms. The number of nitrogens with one attached hydrogen (secondary N) is 1. The number of esters is 1. The predicted molar refractivity (Wildman–Crippen MR) is 92.1 cm³/mol. The van der Waals surface area contributed by atoms with E-state index in [4.69, 9.17) is 9.47 Å². The molecule has 1 aromatic rings. The van der Waals surface area contributed by atoms with Crippen molar-refractivity contribution in [1.29, 1.82) is 0 Å². The summed E-state index contributed by atoms with van der Waals surface area (Å²) in [6.45, 7) is 0.421. The van der Waals surface area contributed by atoms with Crippen molar-refractivity contribution in [3.63, 3.8) is 0 Å². The Hall–Kier alpha value is -2.64. The van der Waals surface area contributed by atoms with Crippen molar-refractivity contribution >= 4 is 18.0 Å². The van der Waals surface area contributed by atoms with Crippen LogP contribution >= 0.6 is 0 Å². The van der Waals surface area contributed by atoms with Crippen molar-refractivity contribution in [2.24, 2.45) is 0 Å². The second kappa shape index (κ2) is 11.1. The molecule has 0 aliphatic heterocycles. The van der Waals surface area contributed by atoms with Gasteiger partial charge in [-0.3, -0.25) is 4.79 Å². The summed E-state index contributed by atoms with van der Waals surface area (Å²) in [6.07, 6.45) is 3.83. The molecule has 0 aromatic heterocycles. The highest BCUT2D eigenvalue weighted by Gasteiger charge is 2.14. The summed E-state index contributed by atoms with van der Waals surface area (Å²) in [6, 6.07) is 4.52. The van der Waals surface area contributed by atoms with Gasteiger partial charge in [0.25, 0.3) is 5.91 Å². The molecule has 0 aliphatic carbocycles. The number of carbonyl (C=O) groups is 2. The van der Waals surface area contributed by atoms with Crippen LogP contribution in [0.5, 0.6) is 11.5 Å². The van der Waals surface area contributed by atoms with Gasteiger partial charge in [-0.05, 0) is 25.0 Å². The molecule has 6 nitrogen and oxygen atoms in total. The summed E-state index contributed by atoms with van der Waals surface area (Å²) in [5, 5.41) is 2.73. The lowest BCUT2D eigenvalue weighted by molar-refractivity contribution is -0.144. The fourth-order valence-corrected chi connectivity index (χ4v) is 2.14. The molecule has 1 amide bonds. The maximum atomic E-state index is 12.5. The van der Waals surface area contributed by atoms with Gasteiger partial charge < -0.3 is 19.5 Å². The molecular formula is C18H23F2NO5. The average molecular weight is 371 g/mol. The Labute approximate surface area is 151 Å². The first-order valence-electron chi connectivity index (χ1n) is 8.17. The number of rotatable bonds is 10. The molecule has 0 aliphatic rings. The zero-order valence-corrected chi connectivity index (χ0v) is 15.0. The first-order chi connectivity index (χ1) is 12.4. The summed E-state index contributed by atoms with van der Waals surface area (Å²) >= 11 is 0. The van der Waals surface area contributed by atoms with Gasteiger partial charge in [-0.15, -0.1) is 0 Å². The molecule has 26 heavy (non-hydrogen) atoms. The van der Waals surface area contributed by atoms with Crippen LogP contribution in [0.15, 0.2) is 24.3 Å². The molecule has 0 atom stereocenters. The van der Waals surface area contributed by atoms with Crippen LogP contribution in [0.3, 0.4) is 0 Å². The van der Waals surface area contributed by atoms with Crippen molar-refractivity contribution in [3.8, 4) is 11.5 Å². The van der Waals surface area contributed by atoms with Crippen LogP contribution in [0.4, 0.5) is 8.78 Å². The Balaban J connectivity index is 2.69. The summed E-state index contributed by atoms with van der Waals surface area (Å²) < 4.78 is 39.3. The van der Waals surface area contributed by atoms with Gasteiger partial charge in [-0.2, -0.15) is 8.78 Å². The highest BCUT2D eigenvalue weighted by Crippen LogP contribution is 2.33. The molecule has 0 saturated carbocycles. The Morgan fingerprint density at radius 2 is 1.92 bits per heavy atom. The molecule has 0 unspecified atom stereocenters. The van der Waals surface area contributed by atoms with E-state index in [0.717, 1.165) is 18.9 Å². The summed E-state index contributed by atoms with van der Waals surface area (Å²) in [5.41, 5.74) is 0.211. The van der Waals surface area contributed by atoms with Crippen LogP contribution in [0, 0.1) is 0 Å². The number of methoxy groups -OCH3 is 1. The lowest BCUT2D eigenvalue weighted by Crippen LogP contribution is -2.36. The monoisotopic (exact) mass is 371 g/mol. The van der Waals surface area contributed by atoms with E-state index < -0.39 is 25.1 Å². The maximum Gasteiger partial charge on any atom is 0.387 e. The summed E-state index contributed by atoms with van der Waals surface area (Å²) in [4.78, 5) is 23.4. The fraction of sp³-hybridized carbons (Fsp3) is 0.444. The lowest BCUT2D eigenvalue weighted by atomic mass is 10.1. The van der Waals surface area contributed by atoms with Crippen LogP contribution in [-0.4, -0.2) is 38.2 Å². The van der Waals surface area contributed by atoms with E-state index in [1.54, 1.807) is 6.07 Å². The van der Waals surface area contributed by atoms with Crippen molar-refractivity contribution < 1.29 is 32.6 Å². The van der Waals surface area contributed by atoms with Gasteiger partial charge in [-0.25, -0.2) is 4.79 Å². The van der Waals surface area contributed by atoms with Gasteiger partial charge in [-0.1, -0.05) is 26.0 Å². The Morgan fingerprint density at radius 1 is 1.23 bits per heavy atom. The number of hydrogen-bond acceptors (Lipinski definition) is 5. The molecule has 1 aromatic carbocycles. The Kier molecular flexibility index (Phi) is 9.11. The van der Waals surface area contributed by atoms with E-state index in [0.29, 0.717) is 0 Å². The zero-order chi connectivity index (χ0) is 19.5. The third kappa shape index (κ3) is 7.08. The average Bonchev–Trinajstić information content (AvgIpc) is 2.62. The maximum absolute atomic E-state index is 12.5. The largest absolute Gasteiger partial charge is 0.493 e. The second-order valence-corrected chi connectivity index (χ2v) is 5.28. The zero-order valence-electron chi connectivity index (χ0n) is 15.0. The first-order valence-corrected chi connectivity index (χ1v) is 8.17. The van der Waals surface area contributed by atoms with Crippen molar-refractivity contribution in [2.75, 3.05) is 13.7 Å². The lowest BCUT2D eigenvalue weighted by Gasteiger charge is -2.14. The van der Waals surface area contributed by atoms with Gasteiger partial charge >= 0.3 is 12.6 Å². The van der Waals surface area contributed by atoms with Gasteiger partial charge in [0.05, 0.1) is 7.11 Å². The molecular weight excluding hydrogens is 348 g/mol. The third-order valence-corrected chi connectivity index (χ3v) is 3.53. The van der Waals surface area contributed by atoms with Gasteiger partial charge in [0, 0.05) is 17.7 Å². The second-order valence-electron chi connectivity index (χ2n) is 5.28. The van der Waals surface area contributed by atoms with Crippen molar-refractivity contribution in [3.05, 3.63) is 29.8 Å². The first kappa shape index (κ1) is 21.4. The normalized spacial score (nSPS) is 11.0. The smallest absolute Gasteiger partial charge is 0.387 e. The fourth-order valence-electron chi connectivity index (χ4n) is 2.14. The number of benzene rings is 1. The molecule has 0 heterocycles. The van der Waals surface area contributed by atoms with Crippen LogP contribution in [0.2, 0.25) is 0 Å². The predicted octanol–water partition coefficient (Wildman–Crippen LogP) is 3.16. The standard InChI is InChI=1S/C18H23F2NO5/c1-4-13(5-2)21-15(22)11-25-16(23)10-9-12-7-6-8-14(24-3)17(12)26-18(19)20/h6-10,13,18H,4-5,11H2,1-3H3,(H,21,22)/b10-9+. The van der Waals surface area contributed by atoms with E-state index >= 15 is 0 Å². The highest BCUT2D eigenvalue weighted by atomic mass is 19.3. The van der Waals surface area contributed by atoms with Gasteiger partial charge in [0.15, 0.2) is 18.1 Å². The molecule has 0 spiro atoms. The molecule has 8 heteroatoms. The molecule has 1 rings (SSSR count).